The minimum atomic E-state index is -0.159. The first-order valence-electron chi connectivity index (χ1n) is 5.69. The lowest BCUT2D eigenvalue weighted by Crippen LogP contribution is -2.29. The standard InChI is InChI=1S/C13H13N5/c14-16-13(12-8-15-18-17-12)11-6-5-9-3-1-2-4-10(9)7-11/h1-8,13,16H,14H2,(H,15,17,18). The molecule has 1 unspecified atom stereocenters. The Morgan fingerprint density at radius 2 is 1.94 bits per heavy atom. The third-order valence-electron chi connectivity index (χ3n) is 3.00. The first kappa shape index (κ1) is 10.9. The van der Waals surface area contributed by atoms with Crippen molar-refractivity contribution in [3.05, 3.63) is 59.9 Å². The van der Waals surface area contributed by atoms with Crippen LogP contribution in [0.3, 0.4) is 0 Å². The van der Waals surface area contributed by atoms with Crippen LogP contribution < -0.4 is 11.3 Å². The summed E-state index contributed by atoms with van der Waals surface area (Å²) >= 11 is 0. The molecule has 0 aliphatic carbocycles. The molecule has 1 atom stereocenters. The van der Waals surface area contributed by atoms with Gasteiger partial charge >= 0.3 is 0 Å². The van der Waals surface area contributed by atoms with Crippen molar-refractivity contribution in [1.82, 2.24) is 20.8 Å². The Kier molecular flexibility index (Phi) is 2.76. The summed E-state index contributed by atoms with van der Waals surface area (Å²) in [5.74, 6) is 5.61. The number of hydrogen-bond donors (Lipinski definition) is 3. The molecular weight excluding hydrogens is 226 g/mol. The minimum Gasteiger partial charge on any atom is -0.271 e. The van der Waals surface area contributed by atoms with Gasteiger partial charge in [0.2, 0.25) is 0 Å². The van der Waals surface area contributed by atoms with Crippen LogP contribution in [0.4, 0.5) is 0 Å². The summed E-state index contributed by atoms with van der Waals surface area (Å²) in [4.78, 5) is 0. The molecule has 5 nitrogen and oxygen atoms in total. The summed E-state index contributed by atoms with van der Waals surface area (Å²) in [5.41, 5.74) is 4.59. The fraction of sp³-hybridized carbons (Fsp3) is 0.0769. The lowest BCUT2D eigenvalue weighted by atomic mass is 10.0. The summed E-state index contributed by atoms with van der Waals surface area (Å²) in [5, 5.41) is 12.9. The van der Waals surface area contributed by atoms with E-state index in [1.807, 2.05) is 18.2 Å². The van der Waals surface area contributed by atoms with E-state index in [2.05, 4.69) is 45.1 Å². The van der Waals surface area contributed by atoms with Gasteiger partial charge in [0.1, 0.15) is 5.69 Å². The number of aromatic amines is 1. The van der Waals surface area contributed by atoms with Gasteiger partial charge in [-0.1, -0.05) is 36.4 Å². The number of nitrogens with zero attached hydrogens (tertiary/aromatic N) is 2. The van der Waals surface area contributed by atoms with E-state index in [-0.39, 0.29) is 6.04 Å². The van der Waals surface area contributed by atoms with E-state index in [0.29, 0.717) is 0 Å². The lowest BCUT2D eigenvalue weighted by Gasteiger charge is -2.14. The molecule has 0 saturated heterocycles. The van der Waals surface area contributed by atoms with E-state index in [4.69, 9.17) is 5.84 Å². The number of fused-ring (bicyclic) bond motifs is 1. The second-order valence-corrected chi connectivity index (χ2v) is 4.10. The van der Waals surface area contributed by atoms with Gasteiger partial charge in [-0.05, 0) is 22.4 Å². The average Bonchev–Trinajstić information content (AvgIpc) is 2.93. The molecule has 0 fully saturated rings. The number of H-pyrrole nitrogens is 1. The summed E-state index contributed by atoms with van der Waals surface area (Å²) < 4.78 is 0. The molecule has 90 valence electrons. The van der Waals surface area contributed by atoms with Gasteiger partial charge in [0.05, 0.1) is 12.2 Å². The van der Waals surface area contributed by atoms with Crippen molar-refractivity contribution in [2.75, 3.05) is 0 Å². The Morgan fingerprint density at radius 3 is 2.67 bits per heavy atom. The Bertz CT molecular complexity index is 647. The molecule has 1 heterocycles. The van der Waals surface area contributed by atoms with Gasteiger partial charge in [0.15, 0.2) is 0 Å². The predicted octanol–water partition coefficient (Wildman–Crippen LogP) is 1.51. The van der Waals surface area contributed by atoms with Crippen LogP contribution in [0.15, 0.2) is 48.7 Å². The minimum absolute atomic E-state index is 0.159. The highest BCUT2D eigenvalue weighted by Crippen LogP contribution is 2.23. The maximum absolute atomic E-state index is 5.61. The number of benzene rings is 2. The second kappa shape index (κ2) is 4.56. The van der Waals surface area contributed by atoms with E-state index in [1.54, 1.807) is 6.20 Å². The topological polar surface area (TPSA) is 79.6 Å². The van der Waals surface area contributed by atoms with Crippen molar-refractivity contribution in [3.63, 3.8) is 0 Å². The zero-order valence-electron chi connectivity index (χ0n) is 9.67. The van der Waals surface area contributed by atoms with Gasteiger partial charge < -0.3 is 0 Å². The van der Waals surface area contributed by atoms with E-state index < -0.39 is 0 Å². The summed E-state index contributed by atoms with van der Waals surface area (Å²) in [7, 11) is 0. The first-order valence-corrected chi connectivity index (χ1v) is 5.69. The van der Waals surface area contributed by atoms with E-state index in [0.717, 1.165) is 11.3 Å². The molecule has 0 aliphatic rings. The molecule has 4 N–H and O–H groups in total. The average molecular weight is 239 g/mol. The Morgan fingerprint density at radius 1 is 1.11 bits per heavy atom. The highest BCUT2D eigenvalue weighted by Gasteiger charge is 2.15. The molecule has 0 bridgehead atoms. The molecule has 2 aromatic carbocycles. The third-order valence-corrected chi connectivity index (χ3v) is 3.00. The summed E-state index contributed by atoms with van der Waals surface area (Å²) in [6.07, 6.45) is 1.67. The zero-order chi connectivity index (χ0) is 12.4. The zero-order valence-corrected chi connectivity index (χ0v) is 9.67. The maximum atomic E-state index is 5.61. The summed E-state index contributed by atoms with van der Waals surface area (Å²) in [6.45, 7) is 0. The molecule has 0 amide bonds. The van der Waals surface area contributed by atoms with Crippen LogP contribution in [-0.4, -0.2) is 15.4 Å². The van der Waals surface area contributed by atoms with E-state index in [9.17, 15) is 0 Å². The van der Waals surface area contributed by atoms with E-state index in [1.165, 1.54) is 10.8 Å². The van der Waals surface area contributed by atoms with Gasteiger partial charge in [-0.3, -0.25) is 5.84 Å². The SMILES string of the molecule is NNC(c1ccc2ccccc2c1)c1cn[nH]n1. The van der Waals surface area contributed by atoms with Crippen molar-refractivity contribution in [1.29, 1.82) is 0 Å². The Labute approximate surface area is 104 Å². The van der Waals surface area contributed by atoms with Crippen LogP contribution in [0.5, 0.6) is 0 Å². The number of aromatic nitrogens is 3. The molecule has 0 aliphatic heterocycles. The molecule has 18 heavy (non-hydrogen) atoms. The molecule has 0 spiro atoms. The van der Waals surface area contributed by atoms with Crippen LogP contribution in [0.1, 0.15) is 17.3 Å². The maximum Gasteiger partial charge on any atom is 0.105 e. The molecule has 0 radical (unpaired) electrons. The van der Waals surface area contributed by atoms with Crippen LogP contribution in [0.2, 0.25) is 0 Å². The third kappa shape index (κ3) is 1.85. The summed E-state index contributed by atoms with van der Waals surface area (Å²) in [6, 6.07) is 14.3. The van der Waals surface area contributed by atoms with Gasteiger partial charge in [0, 0.05) is 0 Å². The van der Waals surface area contributed by atoms with Crippen molar-refractivity contribution < 1.29 is 0 Å². The van der Waals surface area contributed by atoms with Crippen LogP contribution in [0.25, 0.3) is 10.8 Å². The fourth-order valence-electron chi connectivity index (χ4n) is 2.09. The highest BCUT2D eigenvalue weighted by molar-refractivity contribution is 5.83. The van der Waals surface area contributed by atoms with Gasteiger partial charge in [-0.15, -0.1) is 0 Å². The fourth-order valence-corrected chi connectivity index (χ4v) is 2.09. The van der Waals surface area contributed by atoms with Crippen molar-refractivity contribution in [2.45, 2.75) is 6.04 Å². The van der Waals surface area contributed by atoms with Crippen LogP contribution in [-0.2, 0) is 0 Å². The van der Waals surface area contributed by atoms with E-state index >= 15 is 0 Å². The number of nitrogens with two attached hydrogens (primary N) is 1. The highest BCUT2D eigenvalue weighted by atomic mass is 15.3. The number of nitrogens with one attached hydrogen (secondary N) is 2. The van der Waals surface area contributed by atoms with Gasteiger partial charge in [-0.2, -0.15) is 15.4 Å². The van der Waals surface area contributed by atoms with Crippen LogP contribution in [0, 0.1) is 0 Å². The molecule has 5 heteroatoms. The van der Waals surface area contributed by atoms with Crippen molar-refractivity contribution in [3.8, 4) is 0 Å². The van der Waals surface area contributed by atoms with Gasteiger partial charge in [-0.25, -0.2) is 5.43 Å². The molecule has 3 rings (SSSR count). The first-order chi connectivity index (χ1) is 8.88. The Hall–Kier alpha value is -2.24. The normalized spacial score (nSPS) is 12.7. The van der Waals surface area contributed by atoms with Crippen LogP contribution >= 0.6 is 0 Å². The molecule has 3 aromatic rings. The Balaban J connectivity index is 2.07. The van der Waals surface area contributed by atoms with Crippen molar-refractivity contribution in [2.24, 2.45) is 5.84 Å². The predicted molar refractivity (Wildman–Crippen MR) is 69.5 cm³/mol. The van der Waals surface area contributed by atoms with Crippen molar-refractivity contribution >= 4 is 10.8 Å². The monoisotopic (exact) mass is 239 g/mol. The smallest absolute Gasteiger partial charge is 0.105 e. The molecule has 0 saturated carbocycles. The molecular formula is C13H13N5. The molecule has 1 aromatic heterocycles. The quantitative estimate of drug-likeness (QED) is 0.478. The lowest BCUT2D eigenvalue weighted by molar-refractivity contribution is 0.619. The van der Waals surface area contributed by atoms with Gasteiger partial charge in [0.25, 0.3) is 0 Å². The number of hydrazine groups is 1. The number of hydrogen-bond acceptors (Lipinski definition) is 4. The second-order valence-electron chi connectivity index (χ2n) is 4.10. The largest absolute Gasteiger partial charge is 0.271 e. The number of rotatable bonds is 3.